The van der Waals surface area contributed by atoms with Gasteiger partial charge in [0.1, 0.15) is 0 Å². The first-order valence-electron chi connectivity index (χ1n) is 7.04. The number of rotatable bonds is 4. The predicted octanol–water partition coefficient (Wildman–Crippen LogP) is 3.00. The fourth-order valence-corrected chi connectivity index (χ4v) is 3.31. The summed E-state index contributed by atoms with van der Waals surface area (Å²) in [5.74, 6) is -0.175. The summed E-state index contributed by atoms with van der Waals surface area (Å²) in [6.07, 6.45) is 1.13. The van der Waals surface area contributed by atoms with Gasteiger partial charge in [-0.05, 0) is 59.0 Å². The molecule has 1 N–H and O–H groups in total. The molecule has 0 atom stereocenters. The third-order valence-electron chi connectivity index (χ3n) is 3.29. The van der Waals surface area contributed by atoms with Gasteiger partial charge in [-0.1, -0.05) is 17.2 Å². The van der Waals surface area contributed by atoms with Crippen molar-refractivity contribution in [1.82, 2.24) is 10.2 Å². The maximum atomic E-state index is 12.2. The molecule has 128 valence electrons. The lowest BCUT2D eigenvalue weighted by Gasteiger charge is -2.02. The lowest BCUT2D eigenvalue weighted by Crippen LogP contribution is -2.13. The van der Waals surface area contributed by atoms with Crippen LogP contribution in [0, 0.1) is 3.57 Å². The average molecular weight is 469 g/mol. The molecule has 0 saturated heterocycles. The van der Waals surface area contributed by atoms with Gasteiger partial charge in [0.25, 0.3) is 5.91 Å². The van der Waals surface area contributed by atoms with Crippen LogP contribution >= 0.6 is 22.6 Å². The molecule has 9 heteroatoms. The van der Waals surface area contributed by atoms with Crippen LogP contribution in [0.3, 0.4) is 0 Å². The molecule has 25 heavy (non-hydrogen) atoms. The molecule has 0 saturated carbocycles. The van der Waals surface area contributed by atoms with Crippen LogP contribution in [0.5, 0.6) is 0 Å². The van der Waals surface area contributed by atoms with E-state index in [-0.39, 0.29) is 22.7 Å². The number of hydrogen-bond acceptors (Lipinski definition) is 6. The van der Waals surface area contributed by atoms with Crippen molar-refractivity contribution in [3.05, 3.63) is 57.7 Å². The molecule has 3 aromatic rings. The van der Waals surface area contributed by atoms with E-state index in [2.05, 4.69) is 38.1 Å². The number of aromatic nitrogens is 2. The van der Waals surface area contributed by atoms with Crippen LogP contribution in [0.2, 0.25) is 0 Å². The minimum Gasteiger partial charge on any atom is -0.403 e. The third-order valence-corrected chi connectivity index (χ3v) is 5.36. The normalized spacial score (nSPS) is 11.3. The van der Waals surface area contributed by atoms with Gasteiger partial charge in [-0.3, -0.25) is 10.1 Å². The lowest BCUT2D eigenvalue weighted by molar-refractivity contribution is 0.102. The molecule has 1 amide bonds. The first kappa shape index (κ1) is 17.5. The second-order valence-corrected chi connectivity index (χ2v) is 8.32. The summed E-state index contributed by atoms with van der Waals surface area (Å²) >= 11 is 2.07. The molecule has 2 aromatic carbocycles. The molecule has 1 aromatic heterocycles. The van der Waals surface area contributed by atoms with Crippen LogP contribution in [-0.2, 0) is 9.84 Å². The molecule has 0 radical (unpaired) electrons. The minimum absolute atomic E-state index is 0.0353. The summed E-state index contributed by atoms with van der Waals surface area (Å²) in [4.78, 5) is 12.4. The first-order valence-corrected chi connectivity index (χ1v) is 10.0. The Labute approximate surface area is 157 Å². The first-order chi connectivity index (χ1) is 11.8. The van der Waals surface area contributed by atoms with E-state index in [1.807, 2.05) is 12.1 Å². The summed E-state index contributed by atoms with van der Waals surface area (Å²) in [6, 6.07) is 13.1. The van der Waals surface area contributed by atoms with Gasteiger partial charge >= 0.3 is 6.01 Å². The molecular weight excluding hydrogens is 457 g/mol. The third kappa shape index (κ3) is 4.04. The van der Waals surface area contributed by atoms with Gasteiger partial charge in [-0.15, -0.1) is 5.10 Å². The maximum Gasteiger partial charge on any atom is 0.322 e. The number of amides is 1. The molecule has 0 unspecified atom stereocenters. The Morgan fingerprint density at radius 1 is 1.08 bits per heavy atom. The number of nitrogens with zero attached hydrogens (tertiary/aromatic N) is 2. The van der Waals surface area contributed by atoms with Crippen LogP contribution < -0.4 is 5.32 Å². The number of halogens is 1. The Bertz CT molecular complexity index is 1030. The van der Waals surface area contributed by atoms with E-state index in [9.17, 15) is 13.2 Å². The van der Waals surface area contributed by atoms with E-state index < -0.39 is 9.84 Å². The van der Waals surface area contributed by atoms with Crippen LogP contribution in [0.4, 0.5) is 6.01 Å². The number of anilines is 1. The van der Waals surface area contributed by atoms with Gasteiger partial charge in [-0.25, -0.2) is 8.42 Å². The molecular formula is C16H12IN3O4S. The Morgan fingerprint density at radius 2 is 1.76 bits per heavy atom. The molecule has 3 rings (SSSR count). The van der Waals surface area contributed by atoms with Gasteiger partial charge in [0, 0.05) is 15.4 Å². The highest BCUT2D eigenvalue weighted by Gasteiger charge is 2.15. The Kier molecular flexibility index (Phi) is 4.86. The zero-order valence-electron chi connectivity index (χ0n) is 12.9. The quantitative estimate of drug-likeness (QED) is 0.590. The average Bonchev–Trinajstić information content (AvgIpc) is 3.03. The highest BCUT2D eigenvalue weighted by atomic mass is 127. The van der Waals surface area contributed by atoms with Gasteiger partial charge in [0.05, 0.1) is 10.5 Å². The zero-order chi connectivity index (χ0) is 18.0. The Hall–Kier alpha value is -2.27. The summed E-state index contributed by atoms with van der Waals surface area (Å²) in [6.45, 7) is 0. The van der Waals surface area contributed by atoms with E-state index in [0.29, 0.717) is 11.1 Å². The van der Waals surface area contributed by atoms with Crippen molar-refractivity contribution in [3.8, 4) is 11.5 Å². The summed E-state index contributed by atoms with van der Waals surface area (Å²) in [7, 11) is -3.27. The molecule has 0 aliphatic heterocycles. The number of nitrogens with one attached hydrogen (secondary N) is 1. The fourth-order valence-electron chi connectivity index (χ4n) is 2.04. The summed E-state index contributed by atoms with van der Waals surface area (Å²) in [5, 5.41) is 10.2. The van der Waals surface area contributed by atoms with Crippen molar-refractivity contribution in [2.45, 2.75) is 4.90 Å². The van der Waals surface area contributed by atoms with E-state index in [0.717, 1.165) is 9.83 Å². The second kappa shape index (κ2) is 6.92. The van der Waals surface area contributed by atoms with Crippen molar-refractivity contribution < 1.29 is 17.6 Å². The van der Waals surface area contributed by atoms with E-state index in [1.165, 1.54) is 12.1 Å². The van der Waals surface area contributed by atoms with Crippen molar-refractivity contribution in [3.63, 3.8) is 0 Å². The zero-order valence-corrected chi connectivity index (χ0v) is 15.9. The van der Waals surface area contributed by atoms with Gasteiger partial charge in [0.15, 0.2) is 9.84 Å². The lowest BCUT2D eigenvalue weighted by atomic mass is 10.2. The van der Waals surface area contributed by atoms with Crippen molar-refractivity contribution in [1.29, 1.82) is 0 Å². The topological polar surface area (TPSA) is 102 Å². The number of carbonyl (C=O) groups is 1. The van der Waals surface area contributed by atoms with E-state index >= 15 is 0 Å². The minimum atomic E-state index is -3.27. The summed E-state index contributed by atoms with van der Waals surface area (Å²) in [5.41, 5.74) is 1.05. The standard InChI is InChI=1S/C16H12IN3O4S/c1-25(22,23)11-8-6-10(7-9-11)15-19-20-16(24-15)18-14(21)12-4-2-3-5-13(12)17/h2-9H,1H3,(H,18,20,21). The fraction of sp³-hybridized carbons (Fsp3) is 0.0625. The van der Waals surface area contributed by atoms with Crippen LogP contribution in [0.15, 0.2) is 57.8 Å². The summed E-state index contributed by atoms with van der Waals surface area (Å²) < 4.78 is 29.2. The van der Waals surface area contributed by atoms with Crippen LogP contribution in [-0.4, -0.2) is 30.8 Å². The van der Waals surface area contributed by atoms with Gasteiger partial charge < -0.3 is 4.42 Å². The van der Waals surface area contributed by atoms with Crippen LogP contribution in [0.25, 0.3) is 11.5 Å². The van der Waals surface area contributed by atoms with Gasteiger partial charge in [-0.2, -0.15) is 0 Å². The maximum absolute atomic E-state index is 12.2. The van der Waals surface area contributed by atoms with Crippen molar-refractivity contribution in [2.75, 3.05) is 11.6 Å². The number of sulfone groups is 1. The molecule has 0 fully saturated rings. The number of carbonyl (C=O) groups excluding carboxylic acids is 1. The van der Waals surface area contributed by atoms with Gasteiger partial charge in [0.2, 0.25) is 5.89 Å². The Balaban J connectivity index is 1.79. The molecule has 0 spiro atoms. The van der Waals surface area contributed by atoms with E-state index in [1.54, 1.807) is 24.3 Å². The monoisotopic (exact) mass is 469 g/mol. The SMILES string of the molecule is CS(=O)(=O)c1ccc(-c2nnc(NC(=O)c3ccccc3I)o2)cc1. The highest BCUT2D eigenvalue weighted by Crippen LogP contribution is 2.22. The second-order valence-electron chi connectivity index (χ2n) is 5.14. The van der Waals surface area contributed by atoms with E-state index in [4.69, 9.17) is 4.42 Å². The number of hydrogen-bond donors (Lipinski definition) is 1. The molecule has 1 heterocycles. The van der Waals surface area contributed by atoms with Crippen molar-refractivity contribution in [2.24, 2.45) is 0 Å². The highest BCUT2D eigenvalue weighted by molar-refractivity contribution is 14.1. The smallest absolute Gasteiger partial charge is 0.322 e. The van der Waals surface area contributed by atoms with Crippen molar-refractivity contribution >= 4 is 44.3 Å². The predicted molar refractivity (Wildman–Crippen MR) is 100.0 cm³/mol. The molecule has 0 aliphatic rings. The largest absolute Gasteiger partial charge is 0.403 e. The number of benzene rings is 2. The Morgan fingerprint density at radius 3 is 2.40 bits per heavy atom. The molecule has 0 aliphatic carbocycles. The van der Waals surface area contributed by atoms with Crippen LogP contribution in [0.1, 0.15) is 10.4 Å². The molecule has 0 bridgehead atoms. The molecule has 7 nitrogen and oxygen atoms in total.